The van der Waals surface area contributed by atoms with Crippen molar-refractivity contribution < 1.29 is 4.79 Å². The third-order valence-electron chi connectivity index (χ3n) is 7.40. The third kappa shape index (κ3) is 4.22. The van der Waals surface area contributed by atoms with Gasteiger partial charge in [0.05, 0.1) is 0 Å². The molecule has 4 heteroatoms. The fourth-order valence-electron chi connectivity index (χ4n) is 5.63. The predicted octanol–water partition coefficient (Wildman–Crippen LogP) is 3.26. The molecule has 1 amide bonds. The van der Waals surface area contributed by atoms with Crippen LogP contribution in [0.15, 0.2) is 30.3 Å². The van der Waals surface area contributed by atoms with E-state index in [0.29, 0.717) is 29.8 Å². The monoisotopic (exact) mass is 369 g/mol. The molecular weight excluding hydrogens is 334 g/mol. The van der Waals surface area contributed by atoms with Crippen LogP contribution in [0.4, 0.5) is 0 Å². The molecule has 1 aliphatic heterocycles. The van der Waals surface area contributed by atoms with E-state index in [1.807, 2.05) is 0 Å². The van der Waals surface area contributed by atoms with Crippen LogP contribution < -0.4 is 5.73 Å². The van der Waals surface area contributed by atoms with E-state index in [1.165, 1.54) is 24.8 Å². The fourth-order valence-corrected chi connectivity index (χ4v) is 5.63. The minimum Gasteiger partial charge on any atom is -0.341 e. The molecule has 0 spiro atoms. The van der Waals surface area contributed by atoms with E-state index in [0.717, 1.165) is 45.4 Å². The van der Waals surface area contributed by atoms with Gasteiger partial charge in [-0.1, -0.05) is 36.8 Å². The van der Waals surface area contributed by atoms with Gasteiger partial charge in [-0.2, -0.15) is 0 Å². The Hall–Kier alpha value is -1.39. The summed E-state index contributed by atoms with van der Waals surface area (Å²) < 4.78 is 0. The quantitative estimate of drug-likeness (QED) is 0.890. The second-order valence-corrected chi connectivity index (χ2v) is 9.12. The van der Waals surface area contributed by atoms with Gasteiger partial charge >= 0.3 is 0 Å². The Balaban J connectivity index is 1.36. The first kappa shape index (κ1) is 18.9. The normalized spacial score (nSPS) is 34.9. The Morgan fingerprint density at radius 3 is 2.44 bits per heavy atom. The van der Waals surface area contributed by atoms with Crippen LogP contribution in [0.3, 0.4) is 0 Å². The zero-order chi connectivity index (χ0) is 18.8. The minimum atomic E-state index is 0.219. The molecule has 27 heavy (non-hydrogen) atoms. The lowest BCUT2D eigenvalue weighted by molar-refractivity contribution is -0.138. The molecule has 2 aliphatic carbocycles. The minimum absolute atomic E-state index is 0.219. The molecule has 1 aromatic carbocycles. The number of amides is 1. The Labute approximate surface area is 164 Å². The lowest BCUT2D eigenvalue weighted by Gasteiger charge is -2.44. The summed E-state index contributed by atoms with van der Waals surface area (Å²) in [7, 11) is 0. The van der Waals surface area contributed by atoms with Gasteiger partial charge in [-0.25, -0.2) is 0 Å². The maximum Gasteiger partial charge on any atom is 0.225 e. The lowest BCUT2D eigenvalue weighted by atomic mass is 9.65. The van der Waals surface area contributed by atoms with Crippen LogP contribution in [0.25, 0.3) is 0 Å². The molecule has 1 saturated heterocycles. The van der Waals surface area contributed by atoms with E-state index in [-0.39, 0.29) is 5.92 Å². The number of hydrogen-bond donors (Lipinski definition) is 1. The van der Waals surface area contributed by atoms with Crippen molar-refractivity contribution in [1.82, 2.24) is 9.80 Å². The molecule has 1 heterocycles. The molecule has 1 aromatic rings. The zero-order valence-electron chi connectivity index (χ0n) is 16.7. The summed E-state index contributed by atoms with van der Waals surface area (Å²) in [5.41, 5.74) is 7.79. The first-order valence-corrected chi connectivity index (χ1v) is 10.9. The molecule has 2 N–H and O–H groups in total. The lowest BCUT2D eigenvalue weighted by Crippen LogP contribution is -2.50. The summed E-state index contributed by atoms with van der Waals surface area (Å²) in [6.07, 6.45) is 6.87. The molecule has 2 bridgehead atoms. The van der Waals surface area contributed by atoms with Gasteiger partial charge in [0.2, 0.25) is 5.91 Å². The Morgan fingerprint density at radius 2 is 1.74 bits per heavy atom. The summed E-state index contributed by atoms with van der Waals surface area (Å²) in [6.45, 7) is 6.03. The molecular formula is C23H35N3O. The Morgan fingerprint density at radius 1 is 1.04 bits per heavy atom. The Bertz CT molecular complexity index is 620. The van der Waals surface area contributed by atoms with Crippen molar-refractivity contribution >= 4 is 5.91 Å². The van der Waals surface area contributed by atoms with Gasteiger partial charge in [0.1, 0.15) is 0 Å². The molecule has 3 aliphatic rings. The van der Waals surface area contributed by atoms with Crippen LogP contribution in [-0.2, 0) is 11.3 Å². The van der Waals surface area contributed by atoms with E-state index < -0.39 is 0 Å². The number of carbonyl (C=O) groups is 1. The molecule has 2 saturated carbocycles. The van der Waals surface area contributed by atoms with Crippen LogP contribution in [0.2, 0.25) is 0 Å². The molecule has 4 rings (SSSR count). The van der Waals surface area contributed by atoms with Crippen LogP contribution in [0.1, 0.15) is 51.0 Å². The SMILES string of the molecule is C[C@H]1CCN(C(=O)C2C[C@H]3CCC[C@@H](C2)C3N)CCN1Cc1ccccc1. The number of fused-ring (bicyclic) bond motifs is 2. The number of nitrogens with two attached hydrogens (primary N) is 1. The van der Waals surface area contributed by atoms with Gasteiger partial charge in [-0.15, -0.1) is 0 Å². The number of benzene rings is 1. The van der Waals surface area contributed by atoms with Crippen molar-refractivity contribution in [3.63, 3.8) is 0 Å². The van der Waals surface area contributed by atoms with Crippen molar-refractivity contribution in [2.75, 3.05) is 19.6 Å². The number of carbonyl (C=O) groups excluding carboxylic acids is 1. The highest BCUT2D eigenvalue weighted by atomic mass is 16.2. The van der Waals surface area contributed by atoms with Gasteiger partial charge in [0.15, 0.2) is 0 Å². The van der Waals surface area contributed by atoms with E-state index in [4.69, 9.17) is 5.73 Å². The molecule has 5 atom stereocenters. The second-order valence-electron chi connectivity index (χ2n) is 9.12. The Kier molecular flexibility index (Phi) is 5.84. The van der Waals surface area contributed by atoms with Crippen molar-refractivity contribution in [1.29, 1.82) is 0 Å². The van der Waals surface area contributed by atoms with Crippen molar-refractivity contribution in [2.45, 2.75) is 64.1 Å². The summed E-state index contributed by atoms with van der Waals surface area (Å²) in [5, 5.41) is 0. The average Bonchev–Trinajstić information content (AvgIpc) is 2.84. The smallest absolute Gasteiger partial charge is 0.225 e. The van der Waals surface area contributed by atoms with Gasteiger partial charge in [0.25, 0.3) is 0 Å². The van der Waals surface area contributed by atoms with Crippen LogP contribution >= 0.6 is 0 Å². The molecule has 0 aromatic heterocycles. The molecule has 0 radical (unpaired) electrons. The molecule has 3 fully saturated rings. The number of hydrogen-bond acceptors (Lipinski definition) is 3. The highest BCUT2D eigenvalue weighted by Crippen LogP contribution is 2.42. The number of nitrogens with zero attached hydrogens (tertiary/aromatic N) is 2. The van der Waals surface area contributed by atoms with Gasteiger partial charge < -0.3 is 10.6 Å². The number of rotatable bonds is 3. The van der Waals surface area contributed by atoms with Crippen LogP contribution in [0, 0.1) is 17.8 Å². The van der Waals surface area contributed by atoms with E-state index in [2.05, 4.69) is 47.1 Å². The van der Waals surface area contributed by atoms with Crippen LogP contribution in [0.5, 0.6) is 0 Å². The zero-order valence-corrected chi connectivity index (χ0v) is 16.7. The first-order valence-electron chi connectivity index (χ1n) is 10.9. The van der Waals surface area contributed by atoms with E-state index in [9.17, 15) is 4.79 Å². The average molecular weight is 370 g/mol. The highest BCUT2D eigenvalue weighted by Gasteiger charge is 2.41. The predicted molar refractivity (Wildman–Crippen MR) is 109 cm³/mol. The highest BCUT2D eigenvalue weighted by molar-refractivity contribution is 5.79. The van der Waals surface area contributed by atoms with Crippen LogP contribution in [-0.4, -0.2) is 47.4 Å². The third-order valence-corrected chi connectivity index (χ3v) is 7.40. The fraction of sp³-hybridized carbons (Fsp3) is 0.696. The van der Waals surface area contributed by atoms with Gasteiger partial charge in [0, 0.05) is 44.2 Å². The van der Waals surface area contributed by atoms with Crippen molar-refractivity contribution in [2.24, 2.45) is 23.5 Å². The van der Waals surface area contributed by atoms with Crippen molar-refractivity contribution in [3.8, 4) is 0 Å². The molecule has 148 valence electrons. The second kappa shape index (κ2) is 8.32. The first-order chi connectivity index (χ1) is 13.1. The summed E-state index contributed by atoms with van der Waals surface area (Å²) in [4.78, 5) is 18.0. The largest absolute Gasteiger partial charge is 0.341 e. The topological polar surface area (TPSA) is 49.6 Å². The van der Waals surface area contributed by atoms with Crippen molar-refractivity contribution in [3.05, 3.63) is 35.9 Å². The standard InChI is InChI=1S/C23H35N3O/c1-17-10-11-25(12-13-26(17)16-18-6-3-2-4-7-18)23(27)21-14-19-8-5-9-20(15-21)22(19)24/h2-4,6-7,17,19-22H,5,8-16,24H2,1H3/t17-,19-,20+,21?,22?/m0/s1. The molecule has 2 unspecified atom stereocenters. The van der Waals surface area contributed by atoms with E-state index >= 15 is 0 Å². The summed E-state index contributed by atoms with van der Waals surface area (Å²) >= 11 is 0. The maximum absolute atomic E-state index is 13.3. The summed E-state index contributed by atoms with van der Waals surface area (Å²) in [6, 6.07) is 11.5. The van der Waals surface area contributed by atoms with Gasteiger partial charge in [-0.05, 0) is 56.4 Å². The summed E-state index contributed by atoms with van der Waals surface area (Å²) in [5.74, 6) is 1.78. The maximum atomic E-state index is 13.3. The van der Waals surface area contributed by atoms with Gasteiger partial charge in [-0.3, -0.25) is 9.69 Å². The molecule has 4 nitrogen and oxygen atoms in total. The van der Waals surface area contributed by atoms with E-state index in [1.54, 1.807) is 0 Å².